The maximum atomic E-state index is 12.0. The van der Waals surface area contributed by atoms with E-state index in [0.717, 1.165) is 52.2 Å². The first-order valence-electron chi connectivity index (χ1n) is 6.58. The number of ether oxygens (including phenoxy) is 1. The van der Waals surface area contributed by atoms with E-state index in [2.05, 4.69) is 4.90 Å². The summed E-state index contributed by atoms with van der Waals surface area (Å²) in [6.45, 7) is 7.27. The third-order valence-electron chi connectivity index (χ3n) is 3.79. The summed E-state index contributed by atoms with van der Waals surface area (Å²) in [6, 6.07) is 0.186. The van der Waals surface area contributed by atoms with Crippen LogP contribution in [-0.2, 0) is 9.53 Å². The van der Waals surface area contributed by atoms with Gasteiger partial charge >= 0.3 is 0 Å². The number of carbonyl (C=O) groups is 1. The highest BCUT2D eigenvalue weighted by molar-refractivity contribution is 5.81. The predicted molar refractivity (Wildman–Crippen MR) is 65.6 cm³/mol. The van der Waals surface area contributed by atoms with Crippen molar-refractivity contribution in [3.63, 3.8) is 0 Å². The molecule has 2 saturated heterocycles. The van der Waals surface area contributed by atoms with Crippen molar-refractivity contribution in [2.24, 2.45) is 5.73 Å². The molecule has 2 aliphatic heterocycles. The summed E-state index contributed by atoms with van der Waals surface area (Å²) < 4.78 is 5.35. The lowest BCUT2D eigenvalue weighted by molar-refractivity contribution is -0.131. The van der Waals surface area contributed by atoms with Gasteiger partial charge in [0.1, 0.15) is 0 Å². The average molecular weight is 241 g/mol. The van der Waals surface area contributed by atoms with E-state index in [-0.39, 0.29) is 11.9 Å². The van der Waals surface area contributed by atoms with Gasteiger partial charge in [0.2, 0.25) is 5.91 Å². The van der Waals surface area contributed by atoms with Crippen LogP contribution in [0.1, 0.15) is 19.8 Å². The van der Waals surface area contributed by atoms with Crippen molar-refractivity contribution in [1.29, 1.82) is 0 Å². The Labute approximate surface area is 103 Å². The van der Waals surface area contributed by atoms with Crippen molar-refractivity contribution in [3.8, 4) is 0 Å². The molecular formula is C12H23N3O2. The Morgan fingerprint density at radius 2 is 2.12 bits per heavy atom. The first kappa shape index (κ1) is 12.8. The van der Waals surface area contributed by atoms with Gasteiger partial charge in [-0.15, -0.1) is 0 Å². The quantitative estimate of drug-likeness (QED) is 0.734. The second-order valence-corrected chi connectivity index (χ2v) is 4.89. The highest BCUT2D eigenvalue weighted by atomic mass is 16.5. The first-order valence-corrected chi connectivity index (χ1v) is 6.58. The Balaban J connectivity index is 1.84. The second-order valence-electron chi connectivity index (χ2n) is 4.89. The minimum absolute atomic E-state index is 0.114. The fraction of sp³-hybridized carbons (Fsp3) is 0.917. The third kappa shape index (κ3) is 2.97. The van der Waals surface area contributed by atoms with Crippen molar-refractivity contribution >= 4 is 5.91 Å². The molecule has 5 nitrogen and oxygen atoms in total. The molecule has 2 rings (SSSR count). The summed E-state index contributed by atoms with van der Waals surface area (Å²) in [5.74, 6) is 0.114. The average Bonchev–Trinajstić information content (AvgIpc) is 2.87. The maximum absolute atomic E-state index is 12.0. The van der Waals surface area contributed by atoms with E-state index in [1.54, 1.807) is 0 Å². The monoisotopic (exact) mass is 241 g/mol. The molecule has 0 saturated carbocycles. The van der Waals surface area contributed by atoms with E-state index in [1.165, 1.54) is 0 Å². The van der Waals surface area contributed by atoms with Gasteiger partial charge < -0.3 is 15.4 Å². The zero-order chi connectivity index (χ0) is 12.3. The molecule has 0 spiro atoms. The summed E-state index contributed by atoms with van der Waals surface area (Å²) in [4.78, 5) is 16.3. The molecule has 2 fully saturated rings. The van der Waals surface area contributed by atoms with Gasteiger partial charge in [-0.25, -0.2) is 0 Å². The molecule has 0 radical (unpaired) electrons. The van der Waals surface area contributed by atoms with E-state index in [1.807, 2.05) is 11.8 Å². The number of morpholine rings is 1. The zero-order valence-corrected chi connectivity index (χ0v) is 10.6. The third-order valence-corrected chi connectivity index (χ3v) is 3.79. The van der Waals surface area contributed by atoms with Crippen LogP contribution in [0.15, 0.2) is 0 Å². The van der Waals surface area contributed by atoms with E-state index in [4.69, 9.17) is 10.5 Å². The van der Waals surface area contributed by atoms with Crippen molar-refractivity contribution in [1.82, 2.24) is 9.80 Å². The SMILES string of the molecule is CC[C@@H](N)C(=O)N1CCC(N2CCOCC2)C1. The Morgan fingerprint density at radius 3 is 2.76 bits per heavy atom. The number of hydrogen-bond acceptors (Lipinski definition) is 4. The van der Waals surface area contributed by atoms with Crippen LogP contribution in [0, 0.1) is 0 Å². The second kappa shape index (κ2) is 5.80. The van der Waals surface area contributed by atoms with Crippen molar-refractivity contribution in [2.75, 3.05) is 39.4 Å². The zero-order valence-electron chi connectivity index (χ0n) is 10.6. The summed E-state index contributed by atoms with van der Waals surface area (Å²) in [5.41, 5.74) is 5.80. The molecule has 98 valence electrons. The number of carbonyl (C=O) groups excluding carboxylic acids is 1. The first-order chi connectivity index (χ1) is 8.22. The molecule has 2 N–H and O–H groups in total. The van der Waals surface area contributed by atoms with Crippen LogP contribution in [0.2, 0.25) is 0 Å². The van der Waals surface area contributed by atoms with E-state index >= 15 is 0 Å². The molecule has 0 aromatic heterocycles. The number of hydrogen-bond donors (Lipinski definition) is 1. The van der Waals surface area contributed by atoms with Crippen LogP contribution in [0.3, 0.4) is 0 Å². The number of amides is 1. The highest BCUT2D eigenvalue weighted by Gasteiger charge is 2.32. The molecule has 0 aromatic rings. The van der Waals surface area contributed by atoms with Crippen molar-refractivity contribution < 1.29 is 9.53 Å². The van der Waals surface area contributed by atoms with Crippen LogP contribution in [-0.4, -0.2) is 67.2 Å². The van der Waals surface area contributed by atoms with Crippen LogP contribution in [0.4, 0.5) is 0 Å². The largest absolute Gasteiger partial charge is 0.379 e. The van der Waals surface area contributed by atoms with Crippen LogP contribution < -0.4 is 5.73 Å². The van der Waals surface area contributed by atoms with E-state index in [9.17, 15) is 4.79 Å². The van der Waals surface area contributed by atoms with Gasteiger partial charge in [-0.05, 0) is 12.8 Å². The van der Waals surface area contributed by atoms with Crippen LogP contribution in [0.5, 0.6) is 0 Å². The number of nitrogens with two attached hydrogens (primary N) is 1. The lowest BCUT2D eigenvalue weighted by atomic mass is 10.2. The van der Waals surface area contributed by atoms with Gasteiger partial charge in [0.05, 0.1) is 19.3 Å². The molecular weight excluding hydrogens is 218 g/mol. The smallest absolute Gasteiger partial charge is 0.239 e. The normalized spacial score (nSPS) is 28.4. The van der Waals surface area contributed by atoms with Crippen molar-refractivity contribution in [3.05, 3.63) is 0 Å². The summed E-state index contributed by atoms with van der Waals surface area (Å²) in [5, 5.41) is 0. The molecule has 0 bridgehead atoms. The van der Waals surface area contributed by atoms with Crippen molar-refractivity contribution in [2.45, 2.75) is 31.8 Å². The topological polar surface area (TPSA) is 58.8 Å². The fourth-order valence-corrected chi connectivity index (χ4v) is 2.59. The van der Waals surface area contributed by atoms with Gasteiger partial charge in [0.25, 0.3) is 0 Å². The van der Waals surface area contributed by atoms with Crippen LogP contribution >= 0.6 is 0 Å². The lowest BCUT2D eigenvalue weighted by Crippen LogP contribution is -2.47. The van der Waals surface area contributed by atoms with E-state index < -0.39 is 0 Å². The minimum Gasteiger partial charge on any atom is -0.379 e. The van der Waals surface area contributed by atoms with Gasteiger partial charge in [-0.2, -0.15) is 0 Å². The molecule has 1 amide bonds. The number of nitrogens with zero attached hydrogens (tertiary/aromatic N) is 2. The Morgan fingerprint density at radius 1 is 1.41 bits per heavy atom. The molecule has 0 aliphatic carbocycles. The predicted octanol–water partition coefficient (Wildman–Crippen LogP) is -0.343. The minimum atomic E-state index is -0.321. The molecule has 2 aliphatic rings. The highest BCUT2D eigenvalue weighted by Crippen LogP contribution is 2.17. The Bertz CT molecular complexity index is 266. The fourth-order valence-electron chi connectivity index (χ4n) is 2.59. The number of rotatable bonds is 3. The van der Waals surface area contributed by atoms with Crippen LogP contribution in [0.25, 0.3) is 0 Å². The van der Waals surface area contributed by atoms with E-state index in [0.29, 0.717) is 6.04 Å². The van der Waals surface area contributed by atoms with Gasteiger partial charge in [0, 0.05) is 32.2 Å². The molecule has 2 atom stereocenters. The Hall–Kier alpha value is -0.650. The maximum Gasteiger partial charge on any atom is 0.239 e. The standard InChI is InChI=1S/C12H23N3O2/c1-2-11(13)12(16)15-4-3-10(9-15)14-5-7-17-8-6-14/h10-11H,2-9,13H2,1H3/t10?,11-/m1/s1. The molecule has 2 heterocycles. The Kier molecular flexibility index (Phi) is 4.36. The number of likely N-dealkylation sites (tertiary alicyclic amines) is 1. The van der Waals surface area contributed by atoms with Gasteiger partial charge in [-0.1, -0.05) is 6.92 Å². The molecule has 5 heteroatoms. The lowest BCUT2D eigenvalue weighted by Gasteiger charge is -2.32. The molecule has 0 aromatic carbocycles. The molecule has 17 heavy (non-hydrogen) atoms. The summed E-state index contributed by atoms with van der Waals surface area (Å²) in [7, 11) is 0. The van der Waals surface area contributed by atoms with Gasteiger partial charge in [-0.3, -0.25) is 9.69 Å². The summed E-state index contributed by atoms with van der Waals surface area (Å²) >= 11 is 0. The summed E-state index contributed by atoms with van der Waals surface area (Å²) in [6.07, 6.45) is 1.79. The molecule has 1 unspecified atom stereocenters. The van der Waals surface area contributed by atoms with Gasteiger partial charge in [0.15, 0.2) is 0 Å².